The molecule has 0 unspecified atom stereocenters. The van der Waals surface area contributed by atoms with Crippen LogP contribution in [0.4, 0.5) is 5.69 Å². The standard InChI is InChI=1S/C13H7BrN2O3/c14-11-5-2-6-12(16(17)18)13(11)19-10-4-1-3-9(7-10)8-15/h1-7H. The summed E-state index contributed by atoms with van der Waals surface area (Å²) in [5.41, 5.74) is 0.281. The van der Waals surface area contributed by atoms with Gasteiger partial charge in [0.1, 0.15) is 5.75 Å². The normalized spacial score (nSPS) is 9.68. The van der Waals surface area contributed by atoms with E-state index in [-0.39, 0.29) is 11.4 Å². The summed E-state index contributed by atoms with van der Waals surface area (Å²) in [6, 6.07) is 13.0. The predicted molar refractivity (Wildman–Crippen MR) is 72.0 cm³/mol. The number of ether oxygens (including phenoxy) is 1. The highest BCUT2D eigenvalue weighted by Gasteiger charge is 2.18. The molecule has 2 aromatic carbocycles. The molecule has 5 nitrogen and oxygen atoms in total. The maximum absolute atomic E-state index is 10.9. The zero-order valence-electron chi connectivity index (χ0n) is 9.54. The molecule has 0 heterocycles. The van der Waals surface area contributed by atoms with Crippen LogP contribution in [0.2, 0.25) is 0 Å². The van der Waals surface area contributed by atoms with Crippen molar-refractivity contribution in [2.24, 2.45) is 0 Å². The van der Waals surface area contributed by atoms with Gasteiger partial charge in [-0.2, -0.15) is 5.26 Å². The Hall–Kier alpha value is -2.39. The quantitative estimate of drug-likeness (QED) is 0.632. The van der Waals surface area contributed by atoms with Crippen molar-refractivity contribution in [3.8, 4) is 17.6 Å². The van der Waals surface area contributed by atoms with Crippen LogP contribution in [0.3, 0.4) is 0 Å². The van der Waals surface area contributed by atoms with E-state index in [0.717, 1.165) is 0 Å². The molecule has 6 heteroatoms. The summed E-state index contributed by atoms with van der Waals surface area (Å²) < 4.78 is 5.98. The van der Waals surface area contributed by atoms with Crippen molar-refractivity contribution in [2.75, 3.05) is 0 Å². The molecule has 0 aromatic heterocycles. The zero-order chi connectivity index (χ0) is 13.8. The maximum atomic E-state index is 10.9. The van der Waals surface area contributed by atoms with Gasteiger partial charge in [0.25, 0.3) is 0 Å². The summed E-state index contributed by atoms with van der Waals surface area (Å²) in [7, 11) is 0. The number of nitro benzene ring substituents is 1. The van der Waals surface area contributed by atoms with Crippen LogP contribution in [0.15, 0.2) is 46.9 Å². The molecule has 0 saturated heterocycles. The van der Waals surface area contributed by atoms with Crippen LogP contribution in [0.1, 0.15) is 5.56 Å². The number of hydrogen-bond donors (Lipinski definition) is 0. The second-order valence-electron chi connectivity index (χ2n) is 3.59. The van der Waals surface area contributed by atoms with Gasteiger partial charge in [0.15, 0.2) is 0 Å². The van der Waals surface area contributed by atoms with Crippen molar-refractivity contribution in [2.45, 2.75) is 0 Å². The third kappa shape index (κ3) is 2.89. The number of nitrogens with zero attached hydrogens (tertiary/aromatic N) is 2. The van der Waals surface area contributed by atoms with Crippen molar-refractivity contribution < 1.29 is 9.66 Å². The number of nitriles is 1. The van der Waals surface area contributed by atoms with E-state index < -0.39 is 4.92 Å². The Bertz CT molecular complexity index is 680. The monoisotopic (exact) mass is 318 g/mol. The summed E-state index contributed by atoms with van der Waals surface area (Å²) in [5, 5.41) is 19.7. The van der Waals surface area contributed by atoms with E-state index in [2.05, 4.69) is 15.9 Å². The van der Waals surface area contributed by atoms with E-state index in [0.29, 0.717) is 15.8 Å². The van der Waals surface area contributed by atoms with Crippen LogP contribution >= 0.6 is 15.9 Å². The fourth-order valence-electron chi connectivity index (χ4n) is 1.49. The minimum atomic E-state index is -0.520. The molecule has 0 radical (unpaired) electrons. The van der Waals surface area contributed by atoms with E-state index >= 15 is 0 Å². The number of para-hydroxylation sites is 1. The zero-order valence-corrected chi connectivity index (χ0v) is 11.1. The Balaban J connectivity index is 2.43. The molecule has 2 rings (SSSR count). The van der Waals surface area contributed by atoms with Gasteiger partial charge in [0, 0.05) is 6.07 Å². The molecule has 0 aliphatic carbocycles. The van der Waals surface area contributed by atoms with Gasteiger partial charge in [0.05, 0.1) is 21.0 Å². The Kier molecular flexibility index (Phi) is 3.78. The molecule has 0 fully saturated rings. The summed E-state index contributed by atoms with van der Waals surface area (Å²) in [6.45, 7) is 0. The summed E-state index contributed by atoms with van der Waals surface area (Å²) in [6.07, 6.45) is 0. The van der Waals surface area contributed by atoms with Crippen molar-refractivity contribution in [1.29, 1.82) is 5.26 Å². The average molecular weight is 319 g/mol. The fourth-order valence-corrected chi connectivity index (χ4v) is 1.93. The molecule has 19 heavy (non-hydrogen) atoms. The number of hydrogen-bond acceptors (Lipinski definition) is 4. The first-order valence-corrected chi connectivity index (χ1v) is 6.02. The molecule has 0 amide bonds. The van der Waals surface area contributed by atoms with Gasteiger partial charge in [-0.1, -0.05) is 12.1 Å². The Labute approximate surface area is 117 Å². The molecular weight excluding hydrogens is 312 g/mol. The third-order valence-electron chi connectivity index (χ3n) is 2.33. The summed E-state index contributed by atoms with van der Waals surface area (Å²) in [4.78, 5) is 10.4. The second-order valence-corrected chi connectivity index (χ2v) is 4.44. The van der Waals surface area contributed by atoms with Crippen LogP contribution in [0.25, 0.3) is 0 Å². The molecule has 94 valence electrons. The molecule has 0 saturated carbocycles. The van der Waals surface area contributed by atoms with Crippen molar-refractivity contribution >= 4 is 21.6 Å². The number of rotatable bonds is 3. The van der Waals surface area contributed by atoms with E-state index in [1.165, 1.54) is 12.1 Å². The first kappa shape index (κ1) is 13.1. The van der Waals surface area contributed by atoms with Crippen molar-refractivity contribution in [3.63, 3.8) is 0 Å². The van der Waals surface area contributed by atoms with Gasteiger partial charge in [-0.25, -0.2) is 0 Å². The fraction of sp³-hybridized carbons (Fsp3) is 0. The van der Waals surface area contributed by atoms with E-state index in [4.69, 9.17) is 10.00 Å². The Morgan fingerprint density at radius 1 is 1.26 bits per heavy atom. The third-order valence-corrected chi connectivity index (χ3v) is 2.95. The number of halogens is 1. The highest BCUT2D eigenvalue weighted by atomic mass is 79.9. The van der Waals surface area contributed by atoms with Gasteiger partial charge >= 0.3 is 5.69 Å². The largest absolute Gasteiger partial charge is 0.449 e. The van der Waals surface area contributed by atoms with Crippen molar-refractivity contribution in [1.82, 2.24) is 0 Å². The summed E-state index contributed by atoms with van der Waals surface area (Å²) in [5.74, 6) is 0.483. The topological polar surface area (TPSA) is 76.2 Å². The van der Waals surface area contributed by atoms with Crippen LogP contribution in [0, 0.1) is 21.4 Å². The van der Waals surface area contributed by atoms with E-state index in [9.17, 15) is 10.1 Å². The van der Waals surface area contributed by atoms with E-state index in [1.54, 1.807) is 30.3 Å². The molecule has 0 aliphatic rings. The Morgan fingerprint density at radius 2 is 2.00 bits per heavy atom. The highest BCUT2D eigenvalue weighted by Crippen LogP contribution is 2.37. The molecule has 0 atom stereocenters. The average Bonchev–Trinajstić information content (AvgIpc) is 2.41. The summed E-state index contributed by atoms with van der Waals surface area (Å²) >= 11 is 3.21. The van der Waals surface area contributed by atoms with Gasteiger partial charge in [-0.05, 0) is 40.2 Å². The highest BCUT2D eigenvalue weighted by molar-refractivity contribution is 9.10. The molecule has 2 aromatic rings. The van der Waals surface area contributed by atoms with Gasteiger partial charge in [0.2, 0.25) is 5.75 Å². The van der Waals surface area contributed by atoms with Gasteiger partial charge in [-0.15, -0.1) is 0 Å². The van der Waals surface area contributed by atoms with Crippen LogP contribution in [-0.4, -0.2) is 4.92 Å². The molecule has 0 aliphatic heterocycles. The van der Waals surface area contributed by atoms with E-state index in [1.807, 2.05) is 6.07 Å². The first-order chi connectivity index (χ1) is 9.11. The van der Waals surface area contributed by atoms with Crippen LogP contribution < -0.4 is 4.74 Å². The number of nitro groups is 1. The molecule has 0 spiro atoms. The van der Waals surface area contributed by atoms with Crippen molar-refractivity contribution in [3.05, 3.63) is 62.6 Å². The molecule has 0 bridgehead atoms. The van der Waals surface area contributed by atoms with Crippen LogP contribution in [0.5, 0.6) is 11.5 Å². The predicted octanol–water partition coefficient (Wildman–Crippen LogP) is 4.02. The first-order valence-electron chi connectivity index (χ1n) is 5.22. The lowest BCUT2D eigenvalue weighted by molar-refractivity contribution is -0.385. The molecular formula is C13H7BrN2O3. The van der Waals surface area contributed by atoms with Crippen LogP contribution in [-0.2, 0) is 0 Å². The lowest BCUT2D eigenvalue weighted by Crippen LogP contribution is -1.94. The second kappa shape index (κ2) is 5.50. The van der Waals surface area contributed by atoms with Gasteiger partial charge < -0.3 is 4.74 Å². The Morgan fingerprint density at radius 3 is 2.68 bits per heavy atom. The minimum absolute atomic E-state index is 0.114. The maximum Gasteiger partial charge on any atom is 0.312 e. The SMILES string of the molecule is N#Cc1cccc(Oc2c(Br)cccc2[N+](=O)[O-])c1. The number of benzene rings is 2. The van der Waals surface area contributed by atoms with Gasteiger partial charge in [-0.3, -0.25) is 10.1 Å². The smallest absolute Gasteiger partial charge is 0.312 e. The lowest BCUT2D eigenvalue weighted by atomic mass is 10.2. The minimum Gasteiger partial charge on any atom is -0.449 e. The molecule has 0 N–H and O–H groups in total. The lowest BCUT2D eigenvalue weighted by Gasteiger charge is -2.08.